The fourth-order valence-corrected chi connectivity index (χ4v) is 0.994. The van der Waals surface area contributed by atoms with Crippen LogP contribution in [0.25, 0.3) is 0 Å². The lowest BCUT2D eigenvalue weighted by atomic mass is 10.2. The van der Waals surface area contributed by atoms with E-state index in [9.17, 15) is 4.79 Å². The number of rotatable bonds is 3. The lowest BCUT2D eigenvalue weighted by Gasteiger charge is -2.04. The van der Waals surface area contributed by atoms with Gasteiger partial charge in [-0.05, 0) is 24.3 Å². The molecule has 1 aromatic rings. The third kappa shape index (κ3) is 4.44. The predicted octanol–water partition coefficient (Wildman–Crippen LogP) is 3.32. The van der Waals surface area contributed by atoms with Crippen molar-refractivity contribution in [3.8, 4) is 6.07 Å². The number of halogens is 1. The molecule has 1 amide bonds. The van der Waals surface area contributed by atoms with Gasteiger partial charge in [0.15, 0.2) is 0 Å². The molecule has 0 spiro atoms. The number of hydrogen-bond donors (Lipinski definition) is 1. The van der Waals surface area contributed by atoms with E-state index in [1.165, 1.54) is 0 Å². The Bertz CT molecular complexity index is 489. The Morgan fingerprint density at radius 3 is 2.56 bits per heavy atom. The van der Waals surface area contributed by atoms with Crippen LogP contribution in [0.2, 0.25) is 0 Å². The summed E-state index contributed by atoms with van der Waals surface area (Å²) < 4.78 is 0. The van der Waals surface area contributed by atoms with Gasteiger partial charge in [-0.15, -0.1) is 0 Å². The van der Waals surface area contributed by atoms with Gasteiger partial charge in [0, 0.05) is 11.6 Å². The van der Waals surface area contributed by atoms with Crippen LogP contribution in [-0.4, -0.2) is 11.3 Å². The molecule has 0 fully saturated rings. The first-order valence-electron chi connectivity index (χ1n) is 5.24. The minimum atomic E-state index is -0.737. The van der Waals surface area contributed by atoms with Gasteiger partial charge in [-0.1, -0.05) is 30.6 Å². The van der Waals surface area contributed by atoms with E-state index in [1.54, 1.807) is 24.3 Å². The predicted molar refractivity (Wildman–Crippen MR) is 69.4 cm³/mol. The number of carbonyl (C=O) groups is 1. The first kappa shape index (κ1) is 14.0. The lowest BCUT2D eigenvalue weighted by molar-refractivity contribution is 0.166. The summed E-state index contributed by atoms with van der Waals surface area (Å²) in [7, 11) is 0. The Morgan fingerprint density at radius 1 is 1.44 bits per heavy atom. The summed E-state index contributed by atoms with van der Waals surface area (Å²) in [6.45, 7) is 3.65. The zero-order valence-corrected chi connectivity index (χ0v) is 10.7. The van der Waals surface area contributed by atoms with Crippen LogP contribution in [0.1, 0.15) is 19.4 Å². The highest BCUT2D eigenvalue weighted by atomic mass is 35.5. The zero-order chi connectivity index (χ0) is 13.5. The molecule has 1 aromatic carbocycles. The third-order valence-electron chi connectivity index (χ3n) is 1.95. The summed E-state index contributed by atoms with van der Waals surface area (Å²) in [5.74, 6) is -0.00520. The fraction of sp³-hybridized carbons (Fsp3) is 0.250. The Labute approximate surface area is 110 Å². The quantitative estimate of drug-likeness (QED) is 0.517. The van der Waals surface area contributed by atoms with Gasteiger partial charge in [-0.2, -0.15) is 5.26 Å². The van der Waals surface area contributed by atoms with Crippen LogP contribution < -0.4 is 5.32 Å². The molecule has 0 aliphatic carbocycles. The van der Waals surface area contributed by atoms with Crippen LogP contribution in [0.3, 0.4) is 0 Å². The van der Waals surface area contributed by atoms with Crippen LogP contribution in [0, 0.1) is 17.2 Å². The van der Waals surface area contributed by atoms with Crippen molar-refractivity contribution in [2.75, 3.05) is 5.32 Å². The number of benzene rings is 1. The van der Waals surface area contributed by atoms with Crippen molar-refractivity contribution in [1.82, 2.24) is 0 Å². The standard InChI is InChI=1S/C12H12ClN3O2/c1-8(2)11(13)16-18-12(17)15-10-5-3-9(7-14)4-6-10/h3-6,8H,1-2H3,(H,15,17)/b16-11-. The van der Waals surface area contributed by atoms with Gasteiger partial charge >= 0.3 is 6.09 Å². The van der Waals surface area contributed by atoms with E-state index in [0.717, 1.165) is 0 Å². The minimum Gasteiger partial charge on any atom is -0.297 e. The highest BCUT2D eigenvalue weighted by Crippen LogP contribution is 2.09. The summed E-state index contributed by atoms with van der Waals surface area (Å²) in [5, 5.41) is 14.7. The van der Waals surface area contributed by atoms with E-state index in [1.807, 2.05) is 19.9 Å². The number of oxime groups is 1. The maximum Gasteiger partial charge on any atom is 0.437 e. The van der Waals surface area contributed by atoms with Crippen LogP contribution >= 0.6 is 11.6 Å². The molecule has 1 rings (SSSR count). The van der Waals surface area contributed by atoms with Gasteiger partial charge < -0.3 is 0 Å². The van der Waals surface area contributed by atoms with Crippen molar-refractivity contribution in [2.24, 2.45) is 11.1 Å². The summed E-state index contributed by atoms with van der Waals surface area (Å²) >= 11 is 5.71. The van der Waals surface area contributed by atoms with E-state index in [4.69, 9.17) is 16.9 Å². The van der Waals surface area contributed by atoms with Gasteiger partial charge in [0.2, 0.25) is 0 Å². The number of amides is 1. The van der Waals surface area contributed by atoms with Crippen LogP contribution in [-0.2, 0) is 4.84 Å². The van der Waals surface area contributed by atoms with E-state index in [-0.39, 0.29) is 11.1 Å². The lowest BCUT2D eigenvalue weighted by Crippen LogP contribution is -2.12. The van der Waals surface area contributed by atoms with Gasteiger partial charge in [0.05, 0.1) is 11.6 Å². The highest BCUT2D eigenvalue weighted by Gasteiger charge is 2.06. The molecule has 0 saturated heterocycles. The summed E-state index contributed by atoms with van der Waals surface area (Å²) in [4.78, 5) is 15.9. The number of nitrogens with zero attached hydrogens (tertiary/aromatic N) is 2. The molecular formula is C12H12ClN3O2. The SMILES string of the molecule is CC(C)/C(Cl)=N/OC(=O)Nc1ccc(C#N)cc1. The zero-order valence-electron chi connectivity index (χ0n) is 9.98. The summed E-state index contributed by atoms with van der Waals surface area (Å²) in [6.07, 6.45) is -0.737. The van der Waals surface area contributed by atoms with Crippen molar-refractivity contribution in [2.45, 2.75) is 13.8 Å². The second-order valence-corrected chi connectivity index (χ2v) is 4.15. The van der Waals surface area contributed by atoms with Crippen molar-refractivity contribution in [3.05, 3.63) is 29.8 Å². The number of carbonyl (C=O) groups excluding carboxylic acids is 1. The van der Waals surface area contributed by atoms with E-state index in [2.05, 4.69) is 15.3 Å². The molecule has 0 heterocycles. The normalized spacial score (nSPS) is 10.9. The van der Waals surface area contributed by atoms with E-state index in [0.29, 0.717) is 11.3 Å². The Morgan fingerprint density at radius 2 is 2.06 bits per heavy atom. The molecule has 0 aliphatic rings. The van der Waals surface area contributed by atoms with Crippen molar-refractivity contribution in [3.63, 3.8) is 0 Å². The molecular weight excluding hydrogens is 254 g/mol. The van der Waals surface area contributed by atoms with Gasteiger partial charge in [0.1, 0.15) is 5.17 Å². The number of nitriles is 1. The number of nitrogens with one attached hydrogen (secondary N) is 1. The molecule has 0 aliphatic heterocycles. The monoisotopic (exact) mass is 265 g/mol. The first-order chi connectivity index (χ1) is 8.52. The second-order valence-electron chi connectivity index (χ2n) is 3.76. The molecule has 6 heteroatoms. The molecule has 94 valence electrons. The molecule has 18 heavy (non-hydrogen) atoms. The van der Waals surface area contributed by atoms with Crippen molar-refractivity contribution in [1.29, 1.82) is 5.26 Å². The highest BCUT2D eigenvalue weighted by molar-refractivity contribution is 6.65. The molecule has 1 N–H and O–H groups in total. The van der Waals surface area contributed by atoms with E-state index < -0.39 is 6.09 Å². The number of anilines is 1. The first-order valence-corrected chi connectivity index (χ1v) is 5.62. The van der Waals surface area contributed by atoms with Gasteiger partial charge in [-0.3, -0.25) is 10.2 Å². The molecule has 0 radical (unpaired) electrons. The van der Waals surface area contributed by atoms with Gasteiger partial charge in [-0.25, -0.2) is 4.79 Å². The van der Waals surface area contributed by atoms with E-state index >= 15 is 0 Å². The summed E-state index contributed by atoms with van der Waals surface area (Å²) in [5.41, 5.74) is 1.02. The molecule has 0 bridgehead atoms. The molecule has 0 saturated carbocycles. The van der Waals surface area contributed by atoms with Crippen LogP contribution in [0.5, 0.6) is 0 Å². The van der Waals surface area contributed by atoms with Crippen LogP contribution in [0.15, 0.2) is 29.4 Å². The topological polar surface area (TPSA) is 74.5 Å². The Balaban J connectivity index is 2.55. The molecule has 0 atom stereocenters. The van der Waals surface area contributed by atoms with Crippen molar-refractivity contribution < 1.29 is 9.63 Å². The molecule has 5 nitrogen and oxygen atoms in total. The smallest absolute Gasteiger partial charge is 0.297 e. The second kappa shape index (κ2) is 6.62. The van der Waals surface area contributed by atoms with Gasteiger partial charge in [0.25, 0.3) is 0 Å². The van der Waals surface area contributed by atoms with Crippen LogP contribution in [0.4, 0.5) is 10.5 Å². The maximum atomic E-state index is 11.3. The largest absolute Gasteiger partial charge is 0.437 e. The number of hydrogen-bond acceptors (Lipinski definition) is 4. The van der Waals surface area contributed by atoms with Crippen molar-refractivity contribution >= 4 is 28.6 Å². The maximum absolute atomic E-state index is 11.3. The average molecular weight is 266 g/mol. The average Bonchev–Trinajstić information content (AvgIpc) is 2.36. The Kier molecular flexibility index (Phi) is 5.15. The third-order valence-corrected chi connectivity index (χ3v) is 2.46. The fourth-order valence-electron chi connectivity index (χ4n) is 0.959. The molecule has 0 unspecified atom stereocenters. The summed E-state index contributed by atoms with van der Waals surface area (Å²) in [6, 6.07) is 8.33. The minimum absolute atomic E-state index is 0.00520. The Hall–Kier alpha value is -2.06. The molecule has 0 aromatic heterocycles.